The van der Waals surface area contributed by atoms with Gasteiger partial charge in [0.2, 0.25) is 5.91 Å². The smallest absolute Gasteiger partial charge is 0.238 e. The number of nitrogens with zero attached hydrogens (tertiary/aromatic N) is 1. The zero-order valence-electron chi connectivity index (χ0n) is 14.8. The topological polar surface area (TPSA) is 58.4 Å². The maximum atomic E-state index is 12.4. The average molecular weight is 325 g/mol. The fourth-order valence-electron chi connectivity index (χ4n) is 2.62. The molecule has 0 fully saturated rings. The van der Waals surface area contributed by atoms with E-state index in [1.165, 1.54) is 5.56 Å². The largest absolute Gasteiger partial charge is 0.398 e. The first-order valence-corrected chi connectivity index (χ1v) is 8.45. The Balaban J connectivity index is 1.99. The van der Waals surface area contributed by atoms with Gasteiger partial charge >= 0.3 is 0 Å². The standard InChI is InChI=1S/C20H27N3O/c1-4-17-10-11-18(12-19(17)21)22-20(24)14-23(15(2)3)13-16-8-6-5-7-9-16/h5-12,15H,4,13-14,21H2,1-3H3,(H,22,24). The van der Waals surface area contributed by atoms with Crippen LogP contribution in [0.3, 0.4) is 0 Å². The minimum Gasteiger partial charge on any atom is -0.398 e. The van der Waals surface area contributed by atoms with E-state index in [-0.39, 0.29) is 11.9 Å². The second-order valence-corrected chi connectivity index (χ2v) is 6.30. The van der Waals surface area contributed by atoms with Gasteiger partial charge in [0.25, 0.3) is 0 Å². The molecule has 0 spiro atoms. The fourth-order valence-corrected chi connectivity index (χ4v) is 2.62. The van der Waals surface area contributed by atoms with E-state index in [0.29, 0.717) is 6.54 Å². The number of rotatable bonds is 7. The lowest BCUT2D eigenvalue weighted by molar-refractivity contribution is -0.117. The molecule has 128 valence electrons. The molecule has 0 saturated carbocycles. The quantitative estimate of drug-likeness (QED) is 0.764. The van der Waals surface area contributed by atoms with Crippen LogP contribution in [-0.2, 0) is 17.8 Å². The molecule has 0 bridgehead atoms. The zero-order chi connectivity index (χ0) is 17.5. The van der Waals surface area contributed by atoms with Crippen LogP contribution in [0.5, 0.6) is 0 Å². The maximum Gasteiger partial charge on any atom is 0.238 e. The number of carbonyl (C=O) groups excluding carboxylic acids is 1. The molecule has 2 aromatic carbocycles. The van der Waals surface area contributed by atoms with Crippen LogP contribution in [-0.4, -0.2) is 23.4 Å². The number of nitrogen functional groups attached to an aromatic ring is 1. The van der Waals surface area contributed by atoms with Gasteiger partial charge in [-0.3, -0.25) is 9.69 Å². The summed E-state index contributed by atoms with van der Waals surface area (Å²) in [6.07, 6.45) is 0.887. The first kappa shape index (κ1) is 18.0. The summed E-state index contributed by atoms with van der Waals surface area (Å²) >= 11 is 0. The normalized spacial score (nSPS) is 11.0. The lowest BCUT2D eigenvalue weighted by Gasteiger charge is -2.26. The Bertz CT molecular complexity index is 668. The highest BCUT2D eigenvalue weighted by molar-refractivity contribution is 5.92. The third kappa shape index (κ3) is 5.10. The number of aryl methyl sites for hydroxylation is 1. The Labute approximate surface area is 144 Å². The van der Waals surface area contributed by atoms with Crippen LogP contribution in [0.15, 0.2) is 48.5 Å². The molecule has 0 aliphatic heterocycles. The Hall–Kier alpha value is -2.33. The van der Waals surface area contributed by atoms with E-state index in [9.17, 15) is 4.79 Å². The van der Waals surface area contributed by atoms with Gasteiger partial charge < -0.3 is 11.1 Å². The number of amides is 1. The van der Waals surface area contributed by atoms with Crippen LogP contribution in [0, 0.1) is 0 Å². The first-order valence-electron chi connectivity index (χ1n) is 8.45. The SMILES string of the molecule is CCc1ccc(NC(=O)CN(Cc2ccccc2)C(C)C)cc1N. The number of hydrogen-bond acceptors (Lipinski definition) is 3. The predicted molar refractivity (Wildman–Crippen MR) is 101 cm³/mol. The first-order chi connectivity index (χ1) is 11.5. The minimum atomic E-state index is -0.0247. The number of nitrogens with one attached hydrogen (secondary N) is 1. The molecule has 2 aromatic rings. The van der Waals surface area contributed by atoms with Crippen LogP contribution in [0.25, 0.3) is 0 Å². The second kappa shape index (κ2) is 8.50. The molecule has 2 rings (SSSR count). The van der Waals surface area contributed by atoms with Gasteiger partial charge in [0.15, 0.2) is 0 Å². The van der Waals surface area contributed by atoms with Gasteiger partial charge in [0.05, 0.1) is 6.54 Å². The molecule has 0 unspecified atom stereocenters. The summed E-state index contributed by atoms with van der Waals surface area (Å²) in [5, 5.41) is 2.94. The van der Waals surface area contributed by atoms with Gasteiger partial charge in [-0.05, 0) is 43.5 Å². The molecule has 0 aliphatic rings. The molecule has 1 amide bonds. The highest BCUT2D eigenvalue weighted by atomic mass is 16.2. The summed E-state index contributed by atoms with van der Waals surface area (Å²) in [5.41, 5.74) is 9.77. The Morgan fingerprint density at radius 3 is 2.46 bits per heavy atom. The predicted octanol–water partition coefficient (Wildman–Crippen LogP) is 3.68. The van der Waals surface area contributed by atoms with Gasteiger partial charge in [-0.25, -0.2) is 0 Å². The maximum absolute atomic E-state index is 12.4. The third-order valence-electron chi connectivity index (χ3n) is 4.12. The van der Waals surface area contributed by atoms with E-state index < -0.39 is 0 Å². The van der Waals surface area contributed by atoms with Crippen LogP contribution in [0.1, 0.15) is 31.9 Å². The molecule has 0 aromatic heterocycles. The molecule has 3 N–H and O–H groups in total. The molecule has 0 heterocycles. The number of anilines is 2. The van der Waals surface area contributed by atoms with E-state index in [1.54, 1.807) is 0 Å². The van der Waals surface area contributed by atoms with Crippen molar-refractivity contribution in [3.8, 4) is 0 Å². The molecule has 0 aliphatic carbocycles. The third-order valence-corrected chi connectivity index (χ3v) is 4.12. The Morgan fingerprint density at radius 2 is 1.88 bits per heavy atom. The average Bonchev–Trinajstić information content (AvgIpc) is 2.55. The van der Waals surface area contributed by atoms with Crippen molar-refractivity contribution in [1.29, 1.82) is 0 Å². The number of benzene rings is 2. The number of nitrogens with two attached hydrogens (primary N) is 1. The monoisotopic (exact) mass is 325 g/mol. The minimum absolute atomic E-state index is 0.0247. The molecule has 4 heteroatoms. The summed E-state index contributed by atoms with van der Waals surface area (Å²) in [7, 11) is 0. The van der Waals surface area contributed by atoms with Gasteiger partial charge in [0, 0.05) is 24.0 Å². The highest BCUT2D eigenvalue weighted by Gasteiger charge is 2.15. The lowest BCUT2D eigenvalue weighted by atomic mass is 10.1. The van der Waals surface area contributed by atoms with Crippen molar-refractivity contribution in [1.82, 2.24) is 4.90 Å². The molecule has 4 nitrogen and oxygen atoms in total. The van der Waals surface area contributed by atoms with Crippen molar-refractivity contribution in [3.05, 3.63) is 59.7 Å². The van der Waals surface area contributed by atoms with E-state index in [2.05, 4.69) is 43.1 Å². The molecular formula is C20H27N3O. The van der Waals surface area contributed by atoms with E-state index in [1.807, 2.05) is 36.4 Å². The van der Waals surface area contributed by atoms with Gasteiger partial charge in [-0.2, -0.15) is 0 Å². The summed E-state index contributed by atoms with van der Waals surface area (Å²) in [4.78, 5) is 14.5. The zero-order valence-corrected chi connectivity index (χ0v) is 14.8. The van der Waals surface area contributed by atoms with Crippen molar-refractivity contribution in [3.63, 3.8) is 0 Å². The number of hydrogen-bond donors (Lipinski definition) is 2. The fraction of sp³-hybridized carbons (Fsp3) is 0.350. The molecule has 24 heavy (non-hydrogen) atoms. The Kier molecular flexibility index (Phi) is 6.38. The highest BCUT2D eigenvalue weighted by Crippen LogP contribution is 2.18. The summed E-state index contributed by atoms with van der Waals surface area (Å²) in [6, 6.07) is 16.2. The summed E-state index contributed by atoms with van der Waals surface area (Å²) < 4.78 is 0. The van der Waals surface area contributed by atoms with Crippen molar-refractivity contribution < 1.29 is 4.79 Å². The van der Waals surface area contributed by atoms with Crippen LogP contribution in [0.2, 0.25) is 0 Å². The van der Waals surface area contributed by atoms with Crippen molar-refractivity contribution in [2.45, 2.75) is 39.8 Å². The van der Waals surface area contributed by atoms with Gasteiger partial charge in [-0.15, -0.1) is 0 Å². The Morgan fingerprint density at radius 1 is 1.17 bits per heavy atom. The van der Waals surface area contributed by atoms with E-state index in [4.69, 9.17) is 5.73 Å². The molecule has 0 atom stereocenters. The van der Waals surface area contributed by atoms with E-state index in [0.717, 1.165) is 29.9 Å². The van der Waals surface area contributed by atoms with Crippen molar-refractivity contribution in [2.75, 3.05) is 17.6 Å². The molecule has 0 saturated heterocycles. The second-order valence-electron chi connectivity index (χ2n) is 6.30. The van der Waals surface area contributed by atoms with Crippen LogP contribution >= 0.6 is 0 Å². The molecular weight excluding hydrogens is 298 g/mol. The lowest BCUT2D eigenvalue weighted by Crippen LogP contribution is -2.37. The van der Waals surface area contributed by atoms with Gasteiger partial charge in [0.1, 0.15) is 0 Å². The van der Waals surface area contributed by atoms with Crippen molar-refractivity contribution in [2.24, 2.45) is 0 Å². The molecule has 0 radical (unpaired) electrons. The van der Waals surface area contributed by atoms with E-state index >= 15 is 0 Å². The van der Waals surface area contributed by atoms with Gasteiger partial charge in [-0.1, -0.05) is 43.3 Å². The number of carbonyl (C=O) groups is 1. The van der Waals surface area contributed by atoms with Crippen molar-refractivity contribution >= 4 is 17.3 Å². The van der Waals surface area contributed by atoms with Crippen LogP contribution in [0.4, 0.5) is 11.4 Å². The summed E-state index contributed by atoms with van der Waals surface area (Å²) in [6.45, 7) is 7.37. The summed E-state index contributed by atoms with van der Waals surface area (Å²) in [5.74, 6) is -0.0247. The van der Waals surface area contributed by atoms with Crippen LogP contribution < -0.4 is 11.1 Å².